The summed E-state index contributed by atoms with van der Waals surface area (Å²) in [6, 6.07) is 5.62. The average Bonchev–Trinajstić information content (AvgIpc) is 2.27. The summed E-state index contributed by atoms with van der Waals surface area (Å²) in [6.45, 7) is 3.38. The smallest absolute Gasteiger partial charge is 0.0441 e. The van der Waals surface area contributed by atoms with Crippen LogP contribution in [0, 0.1) is 11.8 Å². The predicted octanol–water partition coefficient (Wildman–Crippen LogP) is 5.23. The van der Waals surface area contributed by atoms with E-state index in [2.05, 4.69) is 12.2 Å². The molecule has 0 amide bonds. The molecule has 0 heterocycles. The van der Waals surface area contributed by atoms with Crippen molar-refractivity contribution in [1.29, 1.82) is 0 Å². The third-order valence-electron chi connectivity index (χ3n) is 3.59. The minimum atomic E-state index is 0.692. The SMILES string of the molecule is CC1CCC(CNc2cc(Cl)cc(Cl)c2)CC1. The van der Waals surface area contributed by atoms with Gasteiger partial charge in [0, 0.05) is 22.3 Å². The molecule has 0 spiro atoms. The van der Waals surface area contributed by atoms with Gasteiger partial charge in [-0.1, -0.05) is 43.0 Å². The Hall–Kier alpha value is -0.400. The zero-order valence-corrected chi connectivity index (χ0v) is 11.7. The monoisotopic (exact) mass is 271 g/mol. The molecular formula is C14H19Cl2N. The molecule has 0 radical (unpaired) electrons. The molecule has 1 aromatic rings. The van der Waals surface area contributed by atoms with Gasteiger partial charge in [0.1, 0.15) is 0 Å². The summed E-state index contributed by atoms with van der Waals surface area (Å²) in [5.74, 6) is 1.70. The van der Waals surface area contributed by atoms with Gasteiger partial charge in [0.2, 0.25) is 0 Å². The largest absolute Gasteiger partial charge is 0.385 e. The van der Waals surface area contributed by atoms with Crippen LogP contribution in [0.1, 0.15) is 32.6 Å². The van der Waals surface area contributed by atoms with Crippen LogP contribution in [0.2, 0.25) is 10.0 Å². The molecule has 0 aliphatic heterocycles. The van der Waals surface area contributed by atoms with E-state index in [1.807, 2.05) is 12.1 Å². The lowest BCUT2D eigenvalue weighted by Crippen LogP contribution is -2.20. The fourth-order valence-corrected chi connectivity index (χ4v) is 2.98. The van der Waals surface area contributed by atoms with Crippen molar-refractivity contribution in [2.75, 3.05) is 11.9 Å². The Bertz CT molecular complexity index is 350. The minimum absolute atomic E-state index is 0.692. The van der Waals surface area contributed by atoms with Gasteiger partial charge < -0.3 is 5.32 Å². The first-order valence-corrected chi connectivity index (χ1v) is 7.09. The van der Waals surface area contributed by atoms with Crippen molar-refractivity contribution in [3.05, 3.63) is 28.2 Å². The van der Waals surface area contributed by atoms with Crippen LogP contribution in [0.3, 0.4) is 0 Å². The molecule has 1 aromatic carbocycles. The van der Waals surface area contributed by atoms with Gasteiger partial charge in [-0.25, -0.2) is 0 Å². The molecule has 3 heteroatoms. The topological polar surface area (TPSA) is 12.0 Å². The summed E-state index contributed by atoms with van der Waals surface area (Å²) in [6.07, 6.45) is 5.40. The maximum atomic E-state index is 5.97. The second-order valence-corrected chi connectivity index (χ2v) is 6.04. The van der Waals surface area contributed by atoms with Gasteiger partial charge in [-0.2, -0.15) is 0 Å². The minimum Gasteiger partial charge on any atom is -0.385 e. The summed E-state index contributed by atoms with van der Waals surface area (Å²) >= 11 is 11.9. The second kappa shape index (κ2) is 5.97. The van der Waals surface area contributed by atoms with Crippen molar-refractivity contribution in [3.63, 3.8) is 0 Å². The standard InChI is InChI=1S/C14H19Cl2N/c1-10-2-4-11(5-3-10)9-17-14-7-12(15)6-13(16)8-14/h6-8,10-11,17H,2-5,9H2,1H3. The van der Waals surface area contributed by atoms with Gasteiger partial charge in [0.05, 0.1) is 0 Å². The summed E-state index contributed by atoms with van der Waals surface area (Å²) in [4.78, 5) is 0. The summed E-state index contributed by atoms with van der Waals surface area (Å²) in [5, 5.41) is 4.83. The van der Waals surface area contributed by atoms with Crippen molar-refractivity contribution in [3.8, 4) is 0 Å². The number of anilines is 1. The van der Waals surface area contributed by atoms with Crippen LogP contribution < -0.4 is 5.32 Å². The molecule has 1 saturated carbocycles. The van der Waals surface area contributed by atoms with E-state index in [0.717, 1.165) is 24.1 Å². The van der Waals surface area contributed by atoms with Crippen LogP contribution in [0.5, 0.6) is 0 Å². The van der Waals surface area contributed by atoms with E-state index >= 15 is 0 Å². The molecule has 17 heavy (non-hydrogen) atoms. The Morgan fingerprint density at radius 2 is 1.65 bits per heavy atom. The average molecular weight is 272 g/mol. The predicted molar refractivity (Wildman–Crippen MR) is 76.1 cm³/mol. The molecule has 1 fully saturated rings. The maximum absolute atomic E-state index is 5.97. The van der Waals surface area contributed by atoms with Crippen molar-refractivity contribution in [2.24, 2.45) is 11.8 Å². The Kier molecular flexibility index (Phi) is 4.58. The number of nitrogens with one attached hydrogen (secondary N) is 1. The first-order chi connectivity index (χ1) is 8.13. The third-order valence-corrected chi connectivity index (χ3v) is 4.03. The van der Waals surface area contributed by atoms with Crippen LogP contribution in [0.25, 0.3) is 0 Å². The van der Waals surface area contributed by atoms with Crippen molar-refractivity contribution >= 4 is 28.9 Å². The van der Waals surface area contributed by atoms with Crippen molar-refractivity contribution in [1.82, 2.24) is 0 Å². The number of rotatable bonds is 3. The van der Waals surface area contributed by atoms with Gasteiger partial charge in [-0.05, 0) is 42.9 Å². The first kappa shape index (κ1) is 13.0. The lowest BCUT2D eigenvalue weighted by Gasteiger charge is -2.26. The molecule has 0 saturated heterocycles. The number of hydrogen-bond acceptors (Lipinski definition) is 1. The van der Waals surface area contributed by atoms with Gasteiger partial charge in [-0.3, -0.25) is 0 Å². The van der Waals surface area contributed by atoms with Crippen LogP contribution in [0.15, 0.2) is 18.2 Å². The number of benzene rings is 1. The molecule has 1 aliphatic rings. The van der Waals surface area contributed by atoms with E-state index in [0.29, 0.717) is 10.0 Å². The lowest BCUT2D eigenvalue weighted by atomic mass is 9.83. The highest BCUT2D eigenvalue weighted by Crippen LogP contribution is 2.29. The Morgan fingerprint density at radius 3 is 2.24 bits per heavy atom. The molecule has 2 rings (SSSR count). The molecule has 0 atom stereocenters. The van der Waals surface area contributed by atoms with E-state index < -0.39 is 0 Å². The highest BCUT2D eigenvalue weighted by molar-refractivity contribution is 6.35. The van der Waals surface area contributed by atoms with E-state index in [-0.39, 0.29) is 0 Å². The molecule has 0 aromatic heterocycles. The molecule has 0 unspecified atom stereocenters. The molecule has 94 valence electrons. The molecule has 1 nitrogen and oxygen atoms in total. The molecule has 1 N–H and O–H groups in total. The number of halogens is 2. The first-order valence-electron chi connectivity index (χ1n) is 6.33. The van der Waals surface area contributed by atoms with Crippen LogP contribution in [0.4, 0.5) is 5.69 Å². The normalized spacial score (nSPS) is 24.6. The van der Waals surface area contributed by atoms with E-state index in [1.165, 1.54) is 25.7 Å². The summed E-state index contributed by atoms with van der Waals surface area (Å²) in [7, 11) is 0. The summed E-state index contributed by atoms with van der Waals surface area (Å²) < 4.78 is 0. The van der Waals surface area contributed by atoms with Gasteiger partial charge >= 0.3 is 0 Å². The number of hydrogen-bond donors (Lipinski definition) is 1. The van der Waals surface area contributed by atoms with Gasteiger partial charge in [0.25, 0.3) is 0 Å². The fraction of sp³-hybridized carbons (Fsp3) is 0.571. The molecule has 1 aliphatic carbocycles. The van der Waals surface area contributed by atoms with Crippen LogP contribution in [-0.2, 0) is 0 Å². The van der Waals surface area contributed by atoms with E-state index in [4.69, 9.17) is 23.2 Å². The van der Waals surface area contributed by atoms with Gasteiger partial charge in [0.15, 0.2) is 0 Å². The fourth-order valence-electron chi connectivity index (χ4n) is 2.45. The van der Waals surface area contributed by atoms with E-state index in [9.17, 15) is 0 Å². The lowest BCUT2D eigenvalue weighted by molar-refractivity contribution is 0.300. The Balaban J connectivity index is 1.85. The highest BCUT2D eigenvalue weighted by atomic mass is 35.5. The second-order valence-electron chi connectivity index (χ2n) is 5.16. The zero-order chi connectivity index (χ0) is 12.3. The van der Waals surface area contributed by atoms with Gasteiger partial charge in [-0.15, -0.1) is 0 Å². The Labute approximate surface area is 114 Å². The van der Waals surface area contributed by atoms with Crippen molar-refractivity contribution < 1.29 is 0 Å². The van der Waals surface area contributed by atoms with E-state index in [1.54, 1.807) is 6.07 Å². The van der Waals surface area contributed by atoms with Crippen molar-refractivity contribution in [2.45, 2.75) is 32.6 Å². The summed E-state index contributed by atoms with van der Waals surface area (Å²) in [5.41, 5.74) is 1.03. The quantitative estimate of drug-likeness (QED) is 0.794. The zero-order valence-electron chi connectivity index (χ0n) is 10.2. The Morgan fingerprint density at radius 1 is 1.06 bits per heavy atom. The molecular weight excluding hydrogens is 253 g/mol. The highest BCUT2D eigenvalue weighted by Gasteiger charge is 2.17. The van der Waals surface area contributed by atoms with Crippen LogP contribution in [-0.4, -0.2) is 6.54 Å². The maximum Gasteiger partial charge on any atom is 0.0441 e. The molecule has 0 bridgehead atoms. The third kappa shape index (κ3) is 4.08. The van der Waals surface area contributed by atoms with Crippen LogP contribution >= 0.6 is 23.2 Å².